The highest BCUT2D eigenvalue weighted by atomic mass is 32.2. The molecule has 0 aliphatic heterocycles. The lowest BCUT2D eigenvalue weighted by Gasteiger charge is -2.28. The fourth-order valence-corrected chi connectivity index (χ4v) is 8.33. The fourth-order valence-electron chi connectivity index (χ4n) is 3.77. The van der Waals surface area contributed by atoms with Crippen molar-refractivity contribution in [2.75, 3.05) is 13.2 Å². The number of unbranched alkanes of at least 4 members (excludes halogenated alkanes) is 1. The van der Waals surface area contributed by atoms with Gasteiger partial charge in [0.25, 0.3) is 10.1 Å². The van der Waals surface area contributed by atoms with Gasteiger partial charge in [-0.2, -0.15) is 8.42 Å². The van der Waals surface area contributed by atoms with Crippen LogP contribution in [0.1, 0.15) is 98.8 Å². The normalized spacial score (nSPS) is 17.5. The lowest BCUT2D eigenvalue weighted by molar-refractivity contribution is 0.158. The van der Waals surface area contributed by atoms with E-state index in [2.05, 4.69) is 32.9 Å². The number of rotatable bonds is 15. The predicted octanol–water partition coefficient (Wildman–Crippen LogP) is 7.12. The van der Waals surface area contributed by atoms with Crippen LogP contribution in [0.4, 0.5) is 0 Å². The van der Waals surface area contributed by atoms with E-state index in [9.17, 15) is 13.0 Å². The zero-order chi connectivity index (χ0) is 23.3. The molecule has 0 aromatic rings. The van der Waals surface area contributed by atoms with Gasteiger partial charge < -0.3 is 9.05 Å². The third-order valence-electron chi connectivity index (χ3n) is 5.37. The van der Waals surface area contributed by atoms with Crippen molar-refractivity contribution < 1.29 is 26.2 Å². The van der Waals surface area contributed by atoms with Crippen molar-refractivity contribution in [3.63, 3.8) is 0 Å². The van der Waals surface area contributed by atoms with Crippen molar-refractivity contribution in [1.82, 2.24) is 0 Å². The summed E-state index contributed by atoms with van der Waals surface area (Å²) >= 11 is 0. The van der Waals surface area contributed by atoms with Crippen LogP contribution in [0.25, 0.3) is 0 Å². The number of hydrogen-bond donors (Lipinski definition) is 0. The topological polar surface area (TPSA) is 78.9 Å². The summed E-state index contributed by atoms with van der Waals surface area (Å²) in [6.07, 6.45) is 11.9. The summed E-state index contributed by atoms with van der Waals surface area (Å²) < 4.78 is 56.1. The highest BCUT2D eigenvalue weighted by Crippen LogP contribution is 2.57. The molecule has 1 unspecified atom stereocenters. The number of allylic oxidation sites excluding steroid dienone is 4. The largest absolute Gasteiger partial charge is 0.351 e. The third kappa shape index (κ3) is 10.8. The Balaban J connectivity index is 2.87. The Morgan fingerprint density at radius 3 is 2.16 bits per heavy atom. The summed E-state index contributed by atoms with van der Waals surface area (Å²) in [5, 5.41) is 0. The molecule has 0 bridgehead atoms. The molecular weight excluding hydrogens is 435 g/mol. The Labute approximate surface area is 190 Å². The quantitative estimate of drug-likeness (QED) is 0.108. The van der Waals surface area contributed by atoms with Crippen LogP contribution in [0.15, 0.2) is 23.3 Å². The van der Waals surface area contributed by atoms with Gasteiger partial charge >= 0.3 is 7.60 Å². The molecule has 1 atom stereocenters. The van der Waals surface area contributed by atoms with Gasteiger partial charge in [0.2, 0.25) is 0 Å². The molecule has 1 rings (SSSR count). The van der Waals surface area contributed by atoms with Crippen LogP contribution in [0.3, 0.4) is 0 Å². The van der Waals surface area contributed by atoms with Crippen molar-refractivity contribution in [3.05, 3.63) is 23.3 Å². The third-order valence-corrected chi connectivity index (χ3v) is 10.6. The molecule has 6 nitrogen and oxygen atoms in total. The smallest absolute Gasteiger partial charge is 0.308 e. The number of hydrogen-bond acceptors (Lipinski definition) is 6. The maximum Gasteiger partial charge on any atom is 0.351 e. The minimum absolute atomic E-state index is 0.121. The molecule has 8 heteroatoms. The second kappa shape index (κ2) is 14.6. The van der Waals surface area contributed by atoms with Crippen molar-refractivity contribution >= 4 is 17.7 Å². The monoisotopic (exact) mass is 478 g/mol. The zero-order valence-electron chi connectivity index (χ0n) is 20.1. The average Bonchev–Trinajstić information content (AvgIpc) is 2.68. The second-order valence-electron chi connectivity index (χ2n) is 8.48. The van der Waals surface area contributed by atoms with Gasteiger partial charge in [-0.1, -0.05) is 42.6 Å². The molecule has 182 valence electrons. The van der Waals surface area contributed by atoms with E-state index in [0.717, 1.165) is 32.1 Å². The first-order valence-electron chi connectivity index (χ1n) is 11.7. The standard InChI is InChI=1S/C23H43O6PS/c1-6-27-30(24,28-7-2)23(31(25,26)29-22-17-9-8-10-18-22)19-12-11-15-21(5)16-13-14-20(3)4/h14-15,22-23H,6-13,16-19H2,1-5H3/b21-15+. The average molecular weight is 479 g/mol. The Kier molecular flexibility index (Phi) is 13.5. The van der Waals surface area contributed by atoms with E-state index in [1.54, 1.807) is 13.8 Å². The SMILES string of the molecule is CCOP(=O)(OCC)C(CCC/C=C(\C)CCC=C(C)C)S(=O)(=O)OC1CCCCC1. The van der Waals surface area contributed by atoms with Crippen LogP contribution >= 0.6 is 7.60 Å². The van der Waals surface area contributed by atoms with Gasteiger partial charge in [-0.3, -0.25) is 8.75 Å². The minimum atomic E-state index is -4.09. The summed E-state index contributed by atoms with van der Waals surface area (Å²) in [6, 6.07) is 0. The Morgan fingerprint density at radius 2 is 1.61 bits per heavy atom. The van der Waals surface area contributed by atoms with Crippen LogP contribution in [0.5, 0.6) is 0 Å². The molecule has 31 heavy (non-hydrogen) atoms. The Hall–Kier alpha value is -0.460. The minimum Gasteiger partial charge on any atom is -0.308 e. The van der Waals surface area contributed by atoms with Crippen LogP contribution in [-0.4, -0.2) is 32.7 Å². The van der Waals surface area contributed by atoms with Gasteiger partial charge in [-0.25, -0.2) is 0 Å². The highest BCUT2D eigenvalue weighted by Gasteiger charge is 2.46. The highest BCUT2D eigenvalue weighted by molar-refractivity contribution is 7.94. The molecule has 1 aliphatic carbocycles. The van der Waals surface area contributed by atoms with Crippen molar-refractivity contribution in [1.29, 1.82) is 0 Å². The van der Waals surface area contributed by atoms with Crippen LogP contribution < -0.4 is 0 Å². The molecule has 1 fully saturated rings. The molecule has 0 heterocycles. The fraction of sp³-hybridized carbons (Fsp3) is 0.826. The molecule has 0 amide bonds. The second-order valence-corrected chi connectivity index (χ2v) is 12.8. The van der Waals surface area contributed by atoms with E-state index in [-0.39, 0.29) is 25.7 Å². The zero-order valence-corrected chi connectivity index (χ0v) is 21.8. The van der Waals surface area contributed by atoms with Gasteiger partial charge in [0.05, 0.1) is 19.3 Å². The van der Waals surface area contributed by atoms with Crippen molar-refractivity contribution in [2.45, 2.75) is 110 Å². The Morgan fingerprint density at radius 1 is 1.00 bits per heavy atom. The van der Waals surface area contributed by atoms with Crippen LogP contribution in [0.2, 0.25) is 0 Å². The first kappa shape index (κ1) is 28.6. The lowest BCUT2D eigenvalue weighted by Crippen LogP contribution is -2.30. The summed E-state index contributed by atoms with van der Waals surface area (Å²) in [6.45, 7) is 9.89. The van der Waals surface area contributed by atoms with Gasteiger partial charge in [-0.15, -0.1) is 0 Å². The van der Waals surface area contributed by atoms with E-state index in [1.165, 1.54) is 11.1 Å². The van der Waals surface area contributed by atoms with Crippen LogP contribution in [-0.2, 0) is 27.9 Å². The van der Waals surface area contributed by atoms with Gasteiger partial charge in [0, 0.05) is 0 Å². The molecule has 1 saturated carbocycles. The Bertz CT molecular complexity index is 708. The summed E-state index contributed by atoms with van der Waals surface area (Å²) in [5.41, 5.74) is 2.58. The van der Waals surface area contributed by atoms with E-state index in [0.29, 0.717) is 25.7 Å². The molecule has 0 N–H and O–H groups in total. The van der Waals surface area contributed by atoms with Gasteiger partial charge in [0.15, 0.2) is 4.99 Å². The lowest BCUT2D eigenvalue weighted by atomic mass is 9.98. The maximum absolute atomic E-state index is 13.4. The van der Waals surface area contributed by atoms with E-state index >= 15 is 0 Å². The van der Waals surface area contributed by atoms with E-state index in [1.807, 2.05) is 0 Å². The molecule has 0 aromatic carbocycles. The molecule has 0 saturated heterocycles. The summed E-state index contributed by atoms with van der Waals surface area (Å²) in [5.74, 6) is 0. The van der Waals surface area contributed by atoms with Crippen molar-refractivity contribution in [3.8, 4) is 0 Å². The van der Waals surface area contributed by atoms with Crippen LogP contribution in [0, 0.1) is 0 Å². The maximum atomic E-state index is 13.4. The molecule has 0 radical (unpaired) electrons. The molecule has 0 spiro atoms. The summed E-state index contributed by atoms with van der Waals surface area (Å²) in [4.78, 5) is -1.29. The predicted molar refractivity (Wildman–Crippen MR) is 128 cm³/mol. The van der Waals surface area contributed by atoms with E-state index in [4.69, 9.17) is 13.2 Å². The molecule has 1 aliphatic rings. The van der Waals surface area contributed by atoms with Crippen molar-refractivity contribution in [2.24, 2.45) is 0 Å². The van der Waals surface area contributed by atoms with Gasteiger partial charge in [-0.05, 0) is 79.6 Å². The summed E-state index contributed by atoms with van der Waals surface area (Å²) in [7, 11) is -7.94. The first-order chi connectivity index (χ1) is 14.6. The molecular formula is C23H43O6PS. The first-order valence-corrected chi connectivity index (χ1v) is 14.8. The van der Waals surface area contributed by atoms with Gasteiger partial charge in [0.1, 0.15) is 0 Å². The molecule has 0 aromatic heterocycles. The van der Waals surface area contributed by atoms with E-state index < -0.39 is 22.7 Å².